The van der Waals surface area contributed by atoms with E-state index in [0.717, 1.165) is 5.33 Å². The summed E-state index contributed by atoms with van der Waals surface area (Å²) in [5.41, 5.74) is 0. The third-order valence-corrected chi connectivity index (χ3v) is 3.22. The van der Waals surface area contributed by atoms with Crippen LogP contribution in [0.4, 0.5) is 10.2 Å². The number of nitrogens with zero attached hydrogens (tertiary/aromatic N) is 1. The van der Waals surface area contributed by atoms with Crippen molar-refractivity contribution >= 4 is 21.7 Å². The molecule has 0 aromatic carbocycles. The molecule has 0 radical (unpaired) electrons. The summed E-state index contributed by atoms with van der Waals surface area (Å²) in [5, 5.41) is 4.14. The summed E-state index contributed by atoms with van der Waals surface area (Å²) in [6.07, 6.45) is 1.22. The Hall–Kier alpha value is -0.640. The third kappa shape index (κ3) is 3.25. The van der Waals surface area contributed by atoms with Gasteiger partial charge in [0.15, 0.2) is 0 Å². The lowest BCUT2D eigenvalue weighted by molar-refractivity contribution is 0.569. The molecule has 4 heteroatoms. The molecule has 0 amide bonds. The molecule has 2 nitrogen and oxygen atoms in total. The van der Waals surface area contributed by atoms with Gasteiger partial charge in [0.1, 0.15) is 11.6 Å². The maximum atomic E-state index is 12.6. The van der Waals surface area contributed by atoms with E-state index >= 15 is 0 Å². The zero-order valence-corrected chi connectivity index (χ0v) is 9.88. The molecule has 0 fully saturated rings. The van der Waals surface area contributed by atoms with Gasteiger partial charge in [-0.15, -0.1) is 0 Å². The summed E-state index contributed by atoms with van der Waals surface area (Å²) in [5.74, 6) is 0.908. The zero-order chi connectivity index (χ0) is 10.6. The van der Waals surface area contributed by atoms with Gasteiger partial charge in [0.2, 0.25) is 0 Å². The highest BCUT2D eigenvalue weighted by Gasteiger charge is 2.10. The fraction of sp³-hybridized carbons (Fsp3) is 0.500. The molecule has 0 saturated heterocycles. The fourth-order valence-corrected chi connectivity index (χ4v) is 1.53. The molecule has 0 aliphatic heterocycles. The topological polar surface area (TPSA) is 24.9 Å². The van der Waals surface area contributed by atoms with Crippen molar-refractivity contribution in [3.05, 3.63) is 24.1 Å². The monoisotopic (exact) mass is 260 g/mol. The van der Waals surface area contributed by atoms with Crippen molar-refractivity contribution in [3.63, 3.8) is 0 Å². The maximum Gasteiger partial charge on any atom is 0.141 e. The first kappa shape index (κ1) is 11.4. The molecule has 2 unspecified atom stereocenters. The first-order valence-electron chi connectivity index (χ1n) is 4.57. The van der Waals surface area contributed by atoms with E-state index in [2.05, 4.69) is 40.1 Å². The van der Waals surface area contributed by atoms with Gasteiger partial charge in [-0.05, 0) is 25.0 Å². The van der Waals surface area contributed by atoms with Crippen LogP contribution >= 0.6 is 15.9 Å². The maximum absolute atomic E-state index is 12.6. The number of hydrogen-bond acceptors (Lipinski definition) is 2. The predicted octanol–water partition coefficient (Wildman–Crippen LogP) is 3.05. The van der Waals surface area contributed by atoms with Gasteiger partial charge in [-0.25, -0.2) is 9.37 Å². The second kappa shape index (κ2) is 5.29. The lowest BCUT2D eigenvalue weighted by Gasteiger charge is -2.19. The predicted molar refractivity (Wildman–Crippen MR) is 60.2 cm³/mol. The molecular weight excluding hydrogens is 247 g/mol. The Bertz CT molecular complexity index is 276. The van der Waals surface area contributed by atoms with Gasteiger partial charge < -0.3 is 5.32 Å². The lowest BCUT2D eigenvalue weighted by atomic mass is 10.1. The van der Waals surface area contributed by atoms with Crippen LogP contribution < -0.4 is 5.32 Å². The Morgan fingerprint density at radius 1 is 1.50 bits per heavy atom. The molecule has 1 aromatic heterocycles. The summed E-state index contributed by atoms with van der Waals surface area (Å²) >= 11 is 3.42. The molecular formula is C10H14BrFN2. The van der Waals surface area contributed by atoms with Gasteiger partial charge in [0.05, 0.1) is 6.20 Å². The minimum atomic E-state index is -0.309. The van der Waals surface area contributed by atoms with Gasteiger partial charge >= 0.3 is 0 Å². The molecule has 0 spiro atoms. The number of hydrogen-bond donors (Lipinski definition) is 1. The number of aromatic nitrogens is 1. The van der Waals surface area contributed by atoms with Gasteiger partial charge in [0, 0.05) is 11.4 Å². The molecule has 1 N–H and O–H groups in total. The van der Waals surface area contributed by atoms with Gasteiger partial charge in [-0.2, -0.15) is 0 Å². The first-order chi connectivity index (χ1) is 6.63. The molecule has 1 rings (SSSR count). The molecule has 1 aromatic rings. The van der Waals surface area contributed by atoms with Crippen LogP contribution in [0, 0.1) is 11.7 Å². The fourth-order valence-electron chi connectivity index (χ4n) is 0.970. The van der Waals surface area contributed by atoms with E-state index in [4.69, 9.17) is 0 Å². The highest BCUT2D eigenvalue weighted by atomic mass is 79.9. The highest BCUT2D eigenvalue weighted by Crippen LogP contribution is 2.12. The van der Waals surface area contributed by atoms with Crippen molar-refractivity contribution in [2.45, 2.75) is 19.9 Å². The highest BCUT2D eigenvalue weighted by molar-refractivity contribution is 9.09. The molecule has 1 heterocycles. The molecule has 14 heavy (non-hydrogen) atoms. The molecule has 0 aliphatic rings. The van der Waals surface area contributed by atoms with Crippen LogP contribution in [-0.4, -0.2) is 16.4 Å². The molecule has 0 bridgehead atoms. The van der Waals surface area contributed by atoms with E-state index in [-0.39, 0.29) is 5.82 Å². The van der Waals surface area contributed by atoms with Crippen LogP contribution in [0.25, 0.3) is 0 Å². The van der Waals surface area contributed by atoms with E-state index < -0.39 is 0 Å². The summed E-state index contributed by atoms with van der Waals surface area (Å²) in [6, 6.07) is 3.36. The van der Waals surface area contributed by atoms with E-state index in [0.29, 0.717) is 17.8 Å². The second-order valence-electron chi connectivity index (χ2n) is 3.43. The standard InChI is InChI=1S/C10H14BrFN2/c1-7(5-11)8(2)14-10-4-3-9(12)6-13-10/h3-4,6-8H,5H2,1-2H3,(H,13,14). The summed E-state index contributed by atoms with van der Waals surface area (Å²) in [4.78, 5) is 3.93. The Balaban J connectivity index is 2.56. The minimum Gasteiger partial charge on any atom is -0.367 e. The number of alkyl halides is 1. The number of rotatable bonds is 4. The van der Waals surface area contributed by atoms with E-state index in [9.17, 15) is 4.39 Å². The molecule has 0 saturated carbocycles. The largest absolute Gasteiger partial charge is 0.367 e. The Morgan fingerprint density at radius 2 is 2.21 bits per heavy atom. The Labute approximate surface area is 92.1 Å². The second-order valence-corrected chi connectivity index (χ2v) is 4.07. The average molecular weight is 261 g/mol. The SMILES string of the molecule is CC(CBr)C(C)Nc1ccc(F)cn1. The van der Waals surface area contributed by atoms with Crippen molar-refractivity contribution in [1.29, 1.82) is 0 Å². The van der Waals surface area contributed by atoms with Crippen LogP contribution in [0.3, 0.4) is 0 Å². The van der Waals surface area contributed by atoms with Crippen molar-refractivity contribution in [2.75, 3.05) is 10.6 Å². The number of anilines is 1. The van der Waals surface area contributed by atoms with Crippen LogP contribution in [-0.2, 0) is 0 Å². The van der Waals surface area contributed by atoms with Gasteiger partial charge in [-0.1, -0.05) is 22.9 Å². The van der Waals surface area contributed by atoms with E-state index in [1.807, 2.05) is 0 Å². The Kier molecular flexibility index (Phi) is 4.32. The van der Waals surface area contributed by atoms with Crippen molar-refractivity contribution in [2.24, 2.45) is 5.92 Å². The van der Waals surface area contributed by atoms with Crippen LogP contribution in [0.15, 0.2) is 18.3 Å². The summed E-state index contributed by atoms with van der Waals surface area (Å²) < 4.78 is 12.6. The van der Waals surface area contributed by atoms with Crippen molar-refractivity contribution < 1.29 is 4.39 Å². The van der Waals surface area contributed by atoms with Crippen LogP contribution in [0.1, 0.15) is 13.8 Å². The summed E-state index contributed by atoms with van der Waals surface area (Å²) in [7, 11) is 0. The molecule has 2 atom stereocenters. The smallest absolute Gasteiger partial charge is 0.141 e. The first-order valence-corrected chi connectivity index (χ1v) is 5.69. The zero-order valence-electron chi connectivity index (χ0n) is 8.30. The van der Waals surface area contributed by atoms with Crippen molar-refractivity contribution in [1.82, 2.24) is 4.98 Å². The van der Waals surface area contributed by atoms with Crippen molar-refractivity contribution in [3.8, 4) is 0 Å². The lowest BCUT2D eigenvalue weighted by Crippen LogP contribution is -2.25. The number of pyridine rings is 1. The number of nitrogens with one attached hydrogen (secondary N) is 1. The summed E-state index contributed by atoms with van der Waals surface area (Å²) in [6.45, 7) is 4.22. The quantitative estimate of drug-likeness (QED) is 0.842. The van der Waals surface area contributed by atoms with Gasteiger partial charge in [0.25, 0.3) is 0 Å². The van der Waals surface area contributed by atoms with E-state index in [1.165, 1.54) is 12.3 Å². The van der Waals surface area contributed by atoms with Crippen LogP contribution in [0.2, 0.25) is 0 Å². The Morgan fingerprint density at radius 3 is 2.71 bits per heavy atom. The third-order valence-electron chi connectivity index (χ3n) is 2.20. The van der Waals surface area contributed by atoms with E-state index in [1.54, 1.807) is 6.07 Å². The molecule has 78 valence electrons. The van der Waals surface area contributed by atoms with Crippen LogP contribution in [0.5, 0.6) is 0 Å². The number of halogens is 2. The average Bonchev–Trinajstić information content (AvgIpc) is 2.20. The normalized spacial score (nSPS) is 14.9. The molecule has 0 aliphatic carbocycles. The minimum absolute atomic E-state index is 0.309. The van der Waals surface area contributed by atoms with Gasteiger partial charge in [-0.3, -0.25) is 0 Å².